The van der Waals surface area contributed by atoms with E-state index in [1.165, 1.54) is 24.3 Å². The smallest absolute Gasteiger partial charge is 0.263 e. The Labute approximate surface area is 131 Å². The number of nitrogens with one attached hydrogen (secondary N) is 1. The van der Waals surface area contributed by atoms with Crippen molar-refractivity contribution in [3.8, 4) is 6.07 Å². The van der Waals surface area contributed by atoms with Crippen molar-refractivity contribution in [3.05, 3.63) is 52.0 Å². The number of nitrogen functional groups attached to an aromatic ring is 1. The molecule has 0 amide bonds. The second-order valence-electron chi connectivity index (χ2n) is 4.45. The van der Waals surface area contributed by atoms with Crippen LogP contribution >= 0.6 is 15.9 Å². The van der Waals surface area contributed by atoms with Crippen LogP contribution in [0.5, 0.6) is 0 Å². The van der Waals surface area contributed by atoms with Gasteiger partial charge in [0.25, 0.3) is 10.0 Å². The third-order valence-corrected chi connectivity index (χ3v) is 4.89. The lowest BCUT2D eigenvalue weighted by atomic mass is 10.2. The number of benzene rings is 2. The van der Waals surface area contributed by atoms with E-state index >= 15 is 0 Å². The zero-order valence-electron chi connectivity index (χ0n) is 11.1. The number of rotatable bonds is 3. The van der Waals surface area contributed by atoms with Gasteiger partial charge in [0, 0.05) is 4.47 Å². The summed E-state index contributed by atoms with van der Waals surface area (Å²) < 4.78 is 27.7. The summed E-state index contributed by atoms with van der Waals surface area (Å²) in [5.41, 5.74) is 7.61. The molecule has 0 heterocycles. The summed E-state index contributed by atoms with van der Waals surface area (Å²) in [7, 11) is -3.79. The molecule has 0 atom stereocenters. The summed E-state index contributed by atoms with van der Waals surface area (Å²) in [5.74, 6) is 0. The average Bonchev–Trinajstić information content (AvgIpc) is 2.40. The molecule has 0 radical (unpaired) electrons. The lowest BCUT2D eigenvalue weighted by Gasteiger charge is -2.12. The highest BCUT2D eigenvalue weighted by atomic mass is 79.9. The van der Waals surface area contributed by atoms with Gasteiger partial charge in [0.05, 0.1) is 23.0 Å². The normalized spacial score (nSPS) is 10.9. The maximum absolute atomic E-state index is 12.4. The van der Waals surface area contributed by atoms with E-state index in [-0.39, 0.29) is 10.6 Å². The molecule has 3 N–H and O–H groups in total. The van der Waals surface area contributed by atoms with Gasteiger partial charge in [0.1, 0.15) is 4.90 Å². The van der Waals surface area contributed by atoms with Crippen molar-refractivity contribution in [2.24, 2.45) is 0 Å². The van der Waals surface area contributed by atoms with Gasteiger partial charge in [-0.15, -0.1) is 0 Å². The topological polar surface area (TPSA) is 96.0 Å². The maximum Gasteiger partial charge on any atom is 0.263 e. The van der Waals surface area contributed by atoms with Gasteiger partial charge in [0.2, 0.25) is 0 Å². The molecule has 21 heavy (non-hydrogen) atoms. The Morgan fingerprint density at radius 2 is 1.95 bits per heavy atom. The van der Waals surface area contributed by atoms with Gasteiger partial charge < -0.3 is 5.73 Å². The van der Waals surface area contributed by atoms with Gasteiger partial charge in [-0.25, -0.2) is 8.42 Å². The predicted octanol–water partition coefficient (Wildman–Crippen LogP) is 3.01. The molecule has 0 unspecified atom stereocenters. The number of hydrogen-bond donors (Lipinski definition) is 2. The van der Waals surface area contributed by atoms with Gasteiger partial charge >= 0.3 is 0 Å². The minimum atomic E-state index is -3.79. The van der Waals surface area contributed by atoms with E-state index in [1.54, 1.807) is 12.1 Å². The van der Waals surface area contributed by atoms with Crippen LogP contribution in [0.4, 0.5) is 11.4 Å². The van der Waals surface area contributed by atoms with E-state index < -0.39 is 10.0 Å². The summed E-state index contributed by atoms with van der Waals surface area (Å²) >= 11 is 3.23. The summed E-state index contributed by atoms with van der Waals surface area (Å²) in [6.45, 7) is 1.83. The first-order valence-corrected chi connectivity index (χ1v) is 8.20. The molecule has 108 valence electrons. The number of anilines is 2. The van der Waals surface area contributed by atoms with Crippen molar-refractivity contribution in [1.82, 2.24) is 0 Å². The largest absolute Gasteiger partial charge is 0.398 e. The minimum Gasteiger partial charge on any atom is -0.398 e. The molecule has 0 saturated carbocycles. The average molecular weight is 366 g/mol. The lowest BCUT2D eigenvalue weighted by Crippen LogP contribution is -2.15. The number of nitrogens with two attached hydrogens (primary N) is 1. The summed E-state index contributed by atoms with van der Waals surface area (Å²) in [4.78, 5) is 0.0179. The van der Waals surface area contributed by atoms with Crippen LogP contribution in [0.3, 0.4) is 0 Å². The molecule has 0 aliphatic heterocycles. The molecule has 2 aromatic carbocycles. The Hall–Kier alpha value is -2.04. The van der Waals surface area contributed by atoms with Crippen LogP contribution in [-0.2, 0) is 10.0 Å². The van der Waals surface area contributed by atoms with E-state index in [1.807, 2.05) is 13.0 Å². The zero-order chi connectivity index (χ0) is 15.6. The predicted molar refractivity (Wildman–Crippen MR) is 85.3 cm³/mol. The Balaban J connectivity index is 2.40. The van der Waals surface area contributed by atoms with E-state index in [9.17, 15) is 8.42 Å². The molecule has 7 heteroatoms. The lowest BCUT2D eigenvalue weighted by molar-refractivity contribution is 0.601. The third-order valence-electron chi connectivity index (χ3n) is 2.80. The summed E-state index contributed by atoms with van der Waals surface area (Å²) in [6, 6.07) is 11.3. The second kappa shape index (κ2) is 5.76. The first-order chi connectivity index (χ1) is 9.83. The fraction of sp³-hybridized carbons (Fsp3) is 0.0714. The van der Waals surface area contributed by atoms with Crippen LogP contribution in [0, 0.1) is 18.3 Å². The van der Waals surface area contributed by atoms with Crippen molar-refractivity contribution in [2.75, 3.05) is 10.5 Å². The highest BCUT2D eigenvalue weighted by molar-refractivity contribution is 9.10. The molecule has 0 spiro atoms. The summed E-state index contributed by atoms with van der Waals surface area (Å²) in [6.07, 6.45) is 0. The zero-order valence-corrected chi connectivity index (χ0v) is 13.5. The number of aryl methyl sites for hydroxylation is 1. The molecule has 2 rings (SSSR count). The van der Waals surface area contributed by atoms with Gasteiger partial charge in [0.15, 0.2) is 0 Å². The molecule has 0 saturated heterocycles. The maximum atomic E-state index is 12.4. The van der Waals surface area contributed by atoms with Crippen LogP contribution in [0.25, 0.3) is 0 Å². The second-order valence-corrected chi connectivity index (χ2v) is 6.96. The van der Waals surface area contributed by atoms with E-state index in [0.29, 0.717) is 15.7 Å². The summed E-state index contributed by atoms with van der Waals surface area (Å²) in [5, 5.41) is 8.80. The molecular weight excluding hydrogens is 354 g/mol. The van der Waals surface area contributed by atoms with Crippen LogP contribution < -0.4 is 10.5 Å². The molecule has 0 aliphatic carbocycles. The third kappa shape index (κ3) is 3.35. The molecular formula is C14H12BrN3O2S. The van der Waals surface area contributed by atoms with E-state index in [2.05, 4.69) is 20.7 Å². The van der Waals surface area contributed by atoms with Crippen molar-refractivity contribution < 1.29 is 8.42 Å². The van der Waals surface area contributed by atoms with Gasteiger partial charge in [-0.3, -0.25) is 4.72 Å². The van der Waals surface area contributed by atoms with Crippen LogP contribution in [-0.4, -0.2) is 8.42 Å². The fourth-order valence-corrected chi connectivity index (χ4v) is 3.58. The highest BCUT2D eigenvalue weighted by Crippen LogP contribution is 2.28. The van der Waals surface area contributed by atoms with Crippen LogP contribution in [0.15, 0.2) is 45.8 Å². The molecule has 0 aromatic heterocycles. The Kier molecular flexibility index (Phi) is 4.21. The first-order valence-electron chi connectivity index (χ1n) is 5.92. The monoisotopic (exact) mass is 365 g/mol. The SMILES string of the molecule is Cc1ccc(S(=O)(=O)Nc2ccc(C#N)cc2Br)c(N)c1. The number of nitrogens with zero attached hydrogens (tertiary/aromatic N) is 1. The van der Waals surface area contributed by atoms with Crippen molar-refractivity contribution in [1.29, 1.82) is 5.26 Å². The molecule has 2 aromatic rings. The van der Waals surface area contributed by atoms with Crippen LogP contribution in [0.1, 0.15) is 11.1 Å². The quantitative estimate of drug-likeness (QED) is 0.817. The standard InChI is InChI=1S/C14H12BrN3O2S/c1-9-2-5-14(12(17)6-9)21(19,20)18-13-4-3-10(8-16)7-11(13)15/h2-7,18H,17H2,1H3. The molecule has 0 aliphatic rings. The number of hydrogen-bond acceptors (Lipinski definition) is 4. The Morgan fingerprint density at radius 1 is 1.24 bits per heavy atom. The van der Waals surface area contributed by atoms with Gasteiger partial charge in [-0.2, -0.15) is 5.26 Å². The Morgan fingerprint density at radius 3 is 2.52 bits per heavy atom. The molecule has 0 bridgehead atoms. The highest BCUT2D eigenvalue weighted by Gasteiger charge is 2.18. The number of halogens is 1. The number of nitriles is 1. The van der Waals surface area contributed by atoms with E-state index in [0.717, 1.165) is 5.56 Å². The van der Waals surface area contributed by atoms with Crippen molar-refractivity contribution >= 4 is 37.3 Å². The van der Waals surface area contributed by atoms with Crippen molar-refractivity contribution in [2.45, 2.75) is 11.8 Å². The van der Waals surface area contributed by atoms with E-state index in [4.69, 9.17) is 11.0 Å². The number of sulfonamides is 1. The van der Waals surface area contributed by atoms with Gasteiger partial charge in [-0.05, 0) is 58.7 Å². The fourth-order valence-electron chi connectivity index (χ4n) is 1.78. The first kappa shape index (κ1) is 15.4. The van der Waals surface area contributed by atoms with Gasteiger partial charge in [-0.1, -0.05) is 6.07 Å². The molecule has 5 nitrogen and oxygen atoms in total. The molecule has 0 fully saturated rings. The Bertz CT molecular complexity index is 842. The van der Waals surface area contributed by atoms with Crippen LogP contribution in [0.2, 0.25) is 0 Å². The minimum absolute atomic E-state index is 0.0179. The van der Waals surface area contributed by atoms with Crippen molar-refractivity contribution in [3.63, 3.8) is 0 Å².